The van der Waals surface area contributed by atoms with E-state index in [1.807, 2.05) is 0 Å². The molecule has 0 spiro atoms. The monoisotopic (exact) mass is 146 g/mol. The predicted molar refractivity (Wildman–Crippen MR) is 36.3 cm³/mol. The van der Waals surface area contributed by atoms with Gasteiger partial charge in [0.15, 0.2) is 0 Å². The first-order valence-electron chi connectivity index (χ1n) is 2.88. The number of methoxy groups -OCH3 is 1. The number of rotatable bonds is 3. The van der Waals surface area contributed by atoms with Gasteiger partial charge >= 0.3 is 6.09 Å². The highest BCUT2D eigenvalue weighted by atomic mass is 16.5. The molecule has 0 aromatic carbocycles. The number of carbonyl (C=O) groups excluding carboxylic acids is 1. The summed E-state index contributed by atoms with van der Waals surface area (Å²) in [7, 11) is 6.17. The molecule has 10 heavy (non-hydrogen) atoms. The fourth-order valence-corrected chi connectivity index (χ4v) is 0.430. The molecular weight excluding hydrogens is 134 g/mol. The van der Waals surface area contributed by atoms with Crippen LogP contribution in [0.3, 0.4) is 0 Å². The third kappa shape index (κ3) is 3.29. The Labute approximate surface area is 60.7 Å². The molecule has 0 rings (SSSR count). The molecule has 0 aliphatic heterocycles. The van der Waals surface area contributed by atoms with Crippen molar-refractivity contribution in [2.75, 3.05) is 27.3 Å². The Bertz CT molecular complexity index is 105. The number of amides is 1. The average molecular weight is 146 g/mol. The van der Waals surface area contributed by atoms with Crippen LogP contribution in [0.5, 0.6) is 0 Å². The largest absolute Gasteiger partial charge is 0.446 e. The number of carbonyl (C=O) groups is 1. The van der Waals surface area contributed by atoms with Gasteiger partial charge in [0.25, 0.3) is 0 Å². The van der Waals surface area contributed by atoms with Crippen molar-refractivity contribution in [3.63, 3.8) is 0 Å². The summed E-state index contributed by atoms with van der Waals surface area (Å²) in [6, 6.07) is 0. The summed E-state index contributed by atoms with van der Waals surface area (Å²) in [5.74, 6) is 0. The zero-order valence-corrected chi connectivity index (χ0v) is 6.29. The molecule has 0 atom stereocenters. The molecule has 0 bridgehead atoms. The number of likely N-dealkylation sites (N-methyl/N-ethyl adjacent to an activating group) is 1. The normalized spacial score (nSPS) is 9.10. The summed E-state index contributed by atoms with van der Waals surface area (Å²) in [6.07, 6.45) is -0.447. The Morgan fingerprint density at radius 2 is 2.30 bits per heavy atom. The summed E-state index contributed by atoms with van der Waals surface area (Å²) in [4.78, 5) is 12.0. The molecule has 1 amide bonds. The molecule has 1 radical (unpaired) electrons. The van der Waals surface area contributed by atoms with E-state index in [0.29, 0.717) is 13.2 Å². The third-order valence-corrected chi connectivity index (χ3v) is 1.07. The highest BCUT2D eigenvalue weighted by Crippen LogP contribution is 1.87. The predicted octanol–water partition coefficient (Wildman–Crippen LogP) is 0.493. The number of nitrogens with zero attached hydrogens (tertiary/aromatic N) is 1. The van der Waals surface area contributed by atoms with Crippen LogP contribution in [0.15, 0.2) is 0 Å². The van der Waals surface area contributed by atoms with E-state index in [2.05, 4.69) is 11.8 Å². The summed E-state index contributed by atoms with van der Waals surface area (Å²) in [6.45, 7) is 1.02. The molecule has 0 aromatic rings. The van der Waals surface area contributed by atoms with Crippen LogP contribution in [0.1, 0.15) is 0 Å². The lowest BCUT2D eigenvalue weighted by atomic mass is 10.6. The van der Waals surface area contributed by atoms with E-state index >= 15 is 0 Å². The van der Waals surface area contributed by atoms with Gasteiger partial charge in [0.1, 0.15) is 7.11 Å². The van der Waals surface area contributed by atoms with Crippen LogP contribution >= 0.6 is 0 Å². The van der Waals surface area contributed by atoms with Crippen molar-refractivity contribution < 1.29 is 14.3 Å². The molecular formula is C6H12NO3. The van der Waals surface area contributed by atoms with Gasteiger partial charge in [-0.15, -0.1) is 0 Å². The van der Waals surface area contributed by atoms with Crippen molar-refractivity contribution >= 4 is 6.09 Å². The zero-order chi connectivity index (χ0) is 7.98. The first-order chi connectivity index (χ1) is 4.72. The molecule has 0 saturated heterocycles. The van der Waals surface area contributed by atoms with E-state index in [9.17, 15) is 4.79 Å². The zero-order valence-electron chi connectivity index (χ0n) is 6.29. The molecule has 4 heteroatoms. The SMILES string of the molecule is [CH2]OC(=O)N(C)CCOC. The van der Waals surface area contributed by atoms with E-state index in [-0.39, 0.29) is 0 Å². The van der Waals surface area contributed by atoms with E-state index in [0.717, 1.165) is 0 Å². The second-order valence-electron chi connectivity index (χ2n) is 1.82. The van der Waals surface area contributed by atoms with Crippen LogP contribution in [0.2, 0.25) is 0 Å². The van der Waals surface area contributed by atoms with E-state index in [1.54, 1.807) is 14.2 Å². The Kier molecular flexibility index (Phi) is 4.66. The second kappa shape index (κ2) is 5.05. The Morgan fingerprint density at radius 1 is 1.70 bits per heavy atom. The molecule has 0 heterocycles. The highest BCUT2D eigenvalue weighted by Gasteiger charge is 2.05. The number of hydrogen-bond acceptors (Lipinski definition) is 3. The van der Waals surface area contributed by atoms with Crippen molar-refractivity contribution in [3.8, 4) is 0 Å². The maximum atomic E-state index is 10.6. The van der Waals surface area contributed by atoms with Gasteiger partial charge in [-0.25, -0.2) is 4.79 Å². The minimum absolute atomic E-state index is 0.447. The third-order valence-electron chi connectivity index (χ3n) is 1.07. The molecule has 0 fully saturated rings. The van der Waals surface area contributed by atoms with Crippen LogP contribution < -0.4 is 0 Å². The smallest absolute Gasteiger partial charge is 0.409 e. The summed E-state index contributed by atoms with van der Waals surface area (Å²) in [5.41, 5.74) is 0. The van der Waals surface area contributed by atoms with Gasteiger partial charge in [-0.3, -0.25) is 0 Å². The summed E-state index contributed by atoms with van der Waals surface area (Å²) >= 11 is 0. The molecule has 4 nitrogen and oxygen atoms in total. The van der Waals surface area contributed by atoms with Crippen LogP contribution in [-0.4, -0.2) is 38.3 Å². The Balaban J connectivity index is 3.41. The maximum absolute atomic E-state index is 10.6. The topological polar surface area (TPSA) is 38.8 Å². The van der Waals surface area contributed by atoms with Gasteiger partial charge in [0.2, 0.25) is 0 Å². The van der Waals surface area contributed by atoms with Gasteiger partial charge in [0.05, 0.1) is 6.61 Å². The van der Waals surface area contributed by atoms with Gasteiger partial charge < -0.3 is 14.4 Å². The van der Waals surface area contributed by atoms with Crippen molar-refractivity contribution in [2.45, 2.75) is 0 Å². The van der Waals surface area contributed by atoms with E-state index < -0.39 is 6.09 Å². The maximum Gasteiger partial charge on any atom is 0.409 e. The lowest BCUT2D eigenvalue weighted by Gasteiger charge is -2.13. The van der Waals surface area contributed by atoms with Gasteiger partial charge in [-0.1, -0.05) is 0 Å². The molecule has 0 unspecified atom stereocenters. The molecule has 0 aliphatic rings. The van der Waals surface area contributed by atoms with E-state index in [4.69, 9.17) is 4.74 Å². The summed E-state index contributed by atoms with van der Waals surface area (Å²) in [5, 5.41) is 0. The van der Waals surface area contributed by atoms with Crippen molar-refractivity contribution in [3.05, 3.63) is 7.11 Å². The van der Waals surface area contributed by atoms with Crippen LogP contribution in [-0.2, 0) is 9.47 Å². The minimum atomic E-state index is -0.447. The number of ether oxygens (including phenoxy) is 2. The molecule has 0 N–H and O–H groups in total. The lowest BCUT2D eigenvalue weighted by Crippen LogP contribution is -2.29. The first-order valence-corrected chi connectivity index (χ1v) is 2.88. The lowest BCUT2D eigenvalue weighted by molar-refractivity contribution is 0.123. The van der Waals surface area contributed by atoms with Crippen molar-refractivity contribution in [1.29, 1.82) is 0 Å². The van der Waals surface area contributed by atoms with Crippen LogP contribution in [0.4, 0.5) is 4.79 Å². The molecule has 0 aromatic heterocycles. The molecule has 0 aliphatic carbocycles. The minimum Gasteiger partial charge on any atom is -0.446 e. The average Bonchev–Trinajstić information content (AvgIpc) is 1.98. The van der Waals surface area contributed by atoms with E-state index in [1.165, 1.54) is 4.90 Å². The Morgan fingerprint density at radius 3 is 2.70 bits per heavy atom. The second-order valence-corrected chi connectivity index (χ2v) is 1.82. The first kappa shape index (κ1) is 9.23. The van der Waals surface area contributed by atoms with Crippen molar-refractivity contribution in [1.82, 2.24) is 4.90 Å². The summed E-state index contributed by atoms with van der Waals surface area (Å²) < 4.78 is 8.93. The van der Waals surface area contributed by atoms with Crippen molar-refractivity contribution in [2.24, 2.45) is 0 Å². The fraction of sp³-hybridized carbons (Fsp3) is 0.667. The molecule has 59 valence electrons. The van der Waals surface area contributed by atoms with Gasteiger partial charge in [0, 0.05) is 20.7 Å². The quantitative estimate of drug-likeness (QED) is 0.581. The van der Waals surface area contributed by atoms with Gasteiger partial charge in [-0.05, 0) is 0 Å². The molecule has 0 saturated carbocycles. The van der Waals surface area contributed by atoms with Crippen LogP contribution in [0, 0.1) is 7.11 Å². The van der Waals surface area contributed by atoms with Crippen LogP contribution in [0.25, 0.3) is 0 Å². The standard InChI is InChI=1S/C6H12NO3/c1-7(4-5-9-2)6(8)10-3/h3-5H2,1-2H3. The Hall–Kier alpha value is -0.770. The number of hydrogen-bond donors (Lipinski definition) is 0. The van der Waals surface area contributed by atoms with Gasteiger partial charge in [-0.2, -0.15) is 0 Å². The fourth-order valence-electron chi connectivity index (χ4n) is 0.430. The highest BCUT2D eigenvalue weighted by molar-refractivity contribution is 5.67.